The highest BCUT2D eigenvalue weighted by Crippen LogP contribution is 2.21. The van der Waals surface area contributed by atoms with E-state index in [1.807, 2.05) is 30.8 Å². The van der Waals surface area contributed by atoms with Gasteiger partial charge in [0, 0.05) is 24.2 Å². The van der Waals surface area contributed by atoms with Crippen LogP contribution in [-0.4, -0.2) is 38.0 Å². The second kappa shape index (κ2) is 7.56. The van der Waals surface area contributed by atoms with Crippen molar-refractivity contribution in [2.45, 2.75) is 38.1 Å². The Morgan fingerprint density at radius 1 is 1.38 bits per heavy atom. The first kappa shape index (κ1) is 16.0. The zero-order chi connectivity index (χ0) is 15.2. The van der Waals surface area contributed by atoms with Gasteiger partial charge in [-0.3, -0.25) is 9.48 Å². The molecule has 6 nitrogen and oxygen atoms in total. The Hall–Kier alpha value is -1.41. The fraction of sp³-hybridized carbons (Fsp3) is 0.538. The van der Waals surface area contributed by atoms with E-state index in [9.17, 15) is 4.79 Å². The van der Waals surface area contributed by atoms with E-state index in [1.54, 1.807) is 11.3 Å². The lowest BCUT2D eigenvalue weighted by molar-refractivity contribution is -0.118. The van der Waals surface area contributed by atoms with Gasteiger partial charge in [0.05, 0.1) is 5.75 Å². The molecule has 0 radical (unpaired) electrons. The van der Waals surface area contributed by atoms with Crippen molar-refractivity contribution >= 4 is 29.0 Å². The molecule has 21 heavy (non-hydrogen) atoms. The second-order valence-corrected chi connectivity index (χ2v) is 6.76. The van der Waals surface area contributed by atoms with Crippen molar-refractivity contribution in [3.63, 3.8) is 0 Å². The van der Waals surface area contributed by atoms with E-state index < -0.39 is 0 Å². The number of nitrogens with one attached hydrogen (secondary N) is 1. The van der Waals surface area contributed by atoms with Gasteiger partial charge in [-0.15, -0.1) is 11.3 Å². The Morgan fingerprint density at radius 3 is 2.81 bits per heavy atom. The highest BCUT2D eigenvalue weighted by Gasteiger charge is 2.06. The molecule has 1 amide bonds. The predicted octanol–water partition coefficient (Wildman–Crippen LogP) is 1.96. The molecule has 0 aromatic carbocycles. The number of amides is 1. The van der Waals surface area contributed by atoms with E-state index in [0.29, 0.717) is 12.3 Å². The highest BCUT2D eigenvalue weighted by atomic mass is 32.2. The van der Waals surface area contributed by atoms with E-state index in [0.717, 1.165) is 34.6 Å². The van der Waals surface area contributed by atoms with Crippen molar-refractivity contribution in [2.75, 3.05) is 12.3 Å². The summed E-state index contributed by atoms with van der Waals surface area (Å²) in [5.74, 6) is 2.15. The van der Waals surface area contributed by atoms with Gasteiger partial charge in [0.1, 0.15) is 11.6 Å². The number of aryl methyl sites for hydroxylation is 4. The number of thiazole rings is 1. The average Bonchev–Trinajstić information content (AvgIpc) is 2.98. The van der Waals surface area contributed by atoms with Crippen molar-refractivity contribution in [2.24, 2.45) is 0 Å². The summed E-state index contributed by atoms with van der Waals surface area (Å²) in [6.45, 7) is 7.18. The standard InChI is InChI=1S/C13H19N5OS2/c1-9-7-20-13(15-9)21-8-12(19)14-5-4-6-18-11(3)16-10(2)17-18/h7H,4-6,8H2,1-3H3,(H,14,19). The lowest BCUT2D eigenvalue weighted by atomic mass is 10.4. The van der Waals surface area contributed by atoms with Crippen molar-refractivity contribution in [1.29, 1.82) is 0 Å². The number of carbonyl (C=O) groups is 1. The zero-order valence-corrected chi connectivity index (χ0v) is 14.1. The highest BCUT2D eigenvalue weighted by molar-refractivity contribution is 8.01. The van der Waals surface area contributed by atoms with E-state index in [1.165, 1.54) is 11.8 Å². The third kappa shape index (κ3) is 5.13. The van der Waals surface area contributed by atoms with E-state index in [4.69, 9.17) is 0 Å². The molecule has 0 saturated carbocycles. The lowest BCUT2D eigenvalue weighted by Crippen LogP contribution is -2.27. The minimum atomic E-state index is 0.0411. The SMILES string of the molecule is Cc1csc(SCC(=O)NCCCn2nc(C)nc2C)n1. The third-order valence-electron chi connectivity index (χ3n) is 2.76. The summed E-state index contributed by atoms with van der Waals surface area (Å²) >= 11 is 3.05. The van der Waals surface area contributed by atoms with Crippen molar-refractivity contribution in [1.82, 2.24) is 25.1 Å². The maximum Gasteiger partial charge on any atom is 0.230 e. The minimum Gasteiger partial charge on any atom is -0.355 e. The van der Waals surface area contributed by atoms with Crippen molar-refractivity contribution in [3.8, 4) is 0 Å². The molecule has 0 fully saturated rings. The molecule has 0 saturated heterocycles. The summed E-state index contributed by atoms with van der Waals surface area (Å²) in [6, 6.07) is 0. The maximum absolute atomic E-state index is 11.7. The molecule has 2 rings (SSSR count). The van der Waals surface area contributed by atoms with Crippen LogP contribution >= 0.6 is 23.1 Å². The van der Waals surface area contributed by atoms with E-state index >= 15 is 0 Å². The summed E-state index contributed by atoms with van der Waals surface area (Å²) in [6.07, 6.45) is 0.844. The van der Waals surface area contributed by atoms with Crippen LogP contribution in [0.5, 0.6) is 0 Å². The zero-order valence-electron chi connectivity index (χ0n) is 12.4. The van der Waals surface area contributed by atoms with Gasteiger partial charge >= 0.3 is 0 Å². The molecule has 0 atom stereocenters. The van der Waals surface area contributed by atoms with Gasteiger partial charge in [-0.1, -0.05) is 11.8 Å². The second-order valence-electron chi connectivity index (χ2n) is 4.68. The summed E-state index contributed by atoms with van der Waals surface area (Å²) in [5, 5.41) is 9.19. The summed E-state index contributed by atoms with van der Waals surface area (Å²) in [5.41, 5.74) is 1.00. The topological polar surface area (TPSA) is 72.7 Å². The van der Waals surface area contributed by atoms with Gasteiger partial charge in [-0.05, 0) is 27.2 Å². The molecule has 0 unspecified atom stereocenters. The number of carbonyl (C=O) groups excluding carboxylic acids is 1. The normalized spacial score (nSPS) is 10.8. The Balaban J connectivity index is 1.62. The molecule has 0 aliphatic rings. The fourth-order valence-electron chi connectivity index (χ4n) is 1.81. The van der Waals surface area contributed by atoms with Crippen LogP contribution in [0.25, 0.3) is 0 Å². The maximum atomic E-state index is 11.7. The van der Waals surface area contributed by atoms with Gasteiger partial charge in [-0.25, -0.2) is 9.97 Å². The van der Waals surface area contributed by atoms with Gasteiger partial charge in [0.15, 0.2) is 4.34 Å². The molecule has 0 aliphatic carbocycles. The number of nitrogens with zero attached hydrogens (tertiary/aromatic N) is 4. The first-order valence-electron chi connectivity index (χ1n) is 6.74. The van der Waals surface area contributed by atoms with Crippen LogP contribution < -0.4 is 5.32 Å². The molecule has 8 heteroatoms. The summed E-state index contributed by atoms with van der Waals surface area (Å²) in [7, 11) is 0. The monoisotopic (exact) mass is 325 g/mol. The molecule has 2 aromatic rings. The Bertz CT molecular complexity index is 607. The minimum absolute atomic E-state index is 0.0411. The van der Waals surface area contributed by atoms with Crippen LogP contribution in [0.1, 0.15) is 23.8 Å². The smallest absolute Gasteiger partial charge is 0.230 e. The quantitative estimate of drug-likeness (QED) is 0.622. The Morgan fingerprint density at radius 2 is 2.19 bits per heavy atom. The Kier molecular flexibility index (Phi) is 5.75. The average molecular weight is 325 g/mol. The predicted molar refractivity (Wildman–Crippen MR) is 84.7 cm³/mol. The number of aromatic nitrogens is 4. The molecule has 0 aliphatic heterocycles. The largest absolute Gasteiger partial charge is 0.355 e. The number of hydrogen-bond acceptors (Lipinski definition) is 6. The van der Waals surface area contributed by atoms with Crippen LogP contribution in [-0.2, 0) is 11.3 Å². The molecule has 1 N–H and O–H groups in total. The molecule has 0 spiro atoms. The van der Waals surface area contributed by atoms with Crippen molar-refractivity contribution < 1.29 is 4.79 Å². The molecular formula is C13H19N5OS2. The molecule has 2 heterocycles. The Labute approximate surface area is 132 Å². The van der Waals surface area contributed by atoms with E-state index in [-0.39, 0.29) is 5.91 Å². The summed E-state index contributed by atoms with van der Waals surface area (Å²) < 4.78 is 2.81. The van der Waals surface area contributed by atoms with Crippen LogP contribution in [0.4, 0.5) is 0 Å². The van der Waals surface area contributed by atoms with Crippen LogP contribution in [0.15, 0.2) is 9.72 Å². The molecule has 2 aromatic heterocycles. The van der Waals surface area contributed by atoms with E-state index in [2.05, 4.69) is 20.4 Å². The lowest BCUT2D eigenvalue weighted by Gasteiger charge is -2.05. The van der Waals surface area contributed by atoms with Crippen molar-refractivity contribution in [3.05, 3.63) is 22.7 Å². The van der Waals surface area contributed by atoms with Crippen LogP contribution in [0, 0.1) is 20.8 Å². The number of thioether (sulfide) groups is 1. The molecular weight excluding hydrogens is 306 g/mol. The first-order chi connectivity index (χ1) is 10.0. The van der Waals surface area contributed by atoms with Gasteiger partial charge in [0.2, 0.25) is 5.91 Å². The van der Waals surface area contributed by atoms with Gasteiger partial charge in [-0.2, -0.15) is 5.10 Å². The molecule has 114 valence electrons. The fourth-order valence-corrected chi connectivity index (χ4v) is 3.49. The van der Waals surface area contributed by atoms with Gasteiger partial charge in [0.25, 0.3) is 0 Å². The van der Waals surface area contributed by atoms with Crippen LogP contribution in [0.2, 0.25) is 0 Å². The number of hydrogen-bond donors (Lipinski definition) is 1. The summed E-state index contributed by atoms with van der Waals surface area (Å²) in [4.78, 5) is 20.3. The first-order valence-corrected chi connectivity index (χ1v) is 8.61. The number of rotatable bonds is 7. The molecule has 0 bridgehead atoms. The third-order valence-corrected chi connectivity index (χ3v) is 4.90. The van der Waals surface area contributed by atoms with Crippen LogP contribution in [0.3, 0.4) is 0 Å². The van der Waals surface area contributed by atoms with Gasteiger partial charge < -0.3 is 5.32 Å².